The summed E-state index contributed by atoms with van der Waals surface area (Å²) in [4.78, 5) is 0. The van der Waals surface area contributed by atoms with E-state index < -0.39 is 0 Å². The van der Waals surface area contributed by atoms with Gasteiger partial charge in [-0.25, -0.2) is 0 Å². The average Bonchev–Trinajstić information content (AvgIpc) is 0. The minimum absolute atomic E-state index is 0. The largest absolute Gasteiger partial charge is 3.00 e. The van der Waals surface area contributed by atoms with Gasteiger partial charge in [0.1, 0.15) is 0 Å². The monoisotopic (exact) mass is 282 g/mol. The van der Waals surface area contributed by atoms with Gasteiger partial charge in [-0.15, -0.1) is 49.6 Å². The molecule has 0 aromatic heterocycles. The van der Waals surface area contributed by atoms with Crippen LogP contribution in [-0.2, 0) is 0 Å². The van der Waals surface area contributed by atoms with Gasteiger partial charge in [0.05, 0.1) is 0 Å². The predicted octanol–water partition coefficient (Wildman–Crippen LogP) is 0.926. The quantitative estimate of drug-likeness (QED) is 0.581. The molecule has 0 unspecified atom stereocenters. The Balaban J connectivity index is 0. The molecular formula is H4Cl4Ga2+3. The van der Waals surface area contributed by atoms with Gasteiger partial charge in [0.25, 0.3) is 0 Å². The van der Waals surface area contributed by atoms with Gasteiger partial charge >= 0.3 is 19.8 Å². The van der Waals surface area contributed by atoms with Gasteiger partial charge in [0, 0.05) is 19.8 Å². The summed E-state index contributed by atoms with van der Waals surface area (Å²) >= 11 is 0. The summed E-state index contributed by atoms with van der Waals surface area (Å²) in [6.07, 6.45) is 0. The van der Waals surface area contributed by atoms with Crippen molar-refractivity contribution in [2.75, 3.05) is 0 Å². The molecule has 0 rings (SSSR count). The molecule has 0 nitrogen and oxygen atoms in total. The maximum Gasteiger partial charge on any atom is 3.00 e. The molecular weight excluding hydrogens is 281 g/mol. The third-order valence-electron chi connectivity index (χ3n) is 0. The molecule has 0 aliphatic heterocycles. The topological polar surface area (TPSA) is 0 Å². The Morgan fingerprint density at radius 3 is 0.500 bits per heavy atom. The van der Waals surface area contributed by atoms with Crippen LogP contribution in [0.1, 0.15) is 0 Å². The van der Waals surface area contributed by atoms with Gasteiger partial charge in [-0.05, 0) is 0 Å². The smallest absolute Gasteiger partial charge is 0.147 e. The van der Waals surface area contributed by atoms with Crippen LogP contribution >= 0.6 is 49.6 Å². The van der Waals surface area contributed by atoms with Crippen LogP contribution in [0.15, 0.2) is 0 Å². The van der Waals surface area contributed by atoms with E-state index in [2.05, 4.69) is 0 Å². The molecule has 35 valence electrons. The molecule has 0 aromatic rings. The summed E-state index contributed by atoms with van der Waals surface area (Å²) < 4.78 is 0. The van der Waals surface area contributed by atoms with Crippen molar-refractivity contribution in [3.63, 3.8) is 0 Å². The van der Waals surface area contributed by atoms with Crippen molar-refractivity contribution in [2.24, 2.45) is 0 Å². The Morgan fingerprint density at radius 1 is 0.500 bits per heavy atom. The molecule has 3 radical (unpaired) electrons. The van der Waals surface area contributed by atoms with E-state index in [1.54, 1.807) is 0 Å². The molecule has 0 bridgehead atoms. The molecule has 0 amide bonds. The normalized spacial score (nSPS) is 0. The number of hydrogen-bond donors (Lipinski definition) is 0. The van der Waals surface area contributed by atoms with Crippen LogP contribution in [0, 0.1) is 0 Å². The van der Waals surface area contributed by atoms with E-state index in [-0.39, 0.29) is 89.2 Å². The average molecular weight is 285 g/mol. The molecule has 0 atom stereocenters. The second kappa shape index (κ2) is 52.0. The zero-order valence-corrected chi connectivity index (χ0v) is 10.9. The standard InChI is InChI=1S/4ClH.2Ga/h4*1H;;/q;;;;;+3. The second-order valence-electron chi connectivity index (χ2n) is 0. The molecule has 6 heteroatoms. The van der Waals surface area contributed by atoms with Crippen molar-refractivity contribution in [3.05, 3.63) is 0 Å². The first-order chi connectivity index (χ1) is 0. The van der Waals surface area contributed by atoms with Crippen molar-refractivity contribution < 1.29 is 0 Å². The Morgan fingerprint density at radius 2 is 0.500 bits per heavy atom. The van der Waals surface area contributed by atoms with Gasteiger partial charge < -0.3 is 0 Å². The molecule has 0 saturated carbocycles. The van der Waals surface area contributed by atoms with E-state index in [0.717, 1.165) is 0 Å². The summed E-state index contributed by atoms with van der Waals surface area (Å²) in [7, 11) is 0. The fourth-order valence-electron chi connectivity index (χ4n) is 0. The van der Waals surface area contributed by atoms with Crippen LogP contribution < -0.4 is 0 Å². The Kier molecular flexibility index (Phi) is 682. The third-order valence-corrected chi connectivity index (χ3v) is 0. The van der Waals surface area contributed by atoms with Gasteiger partial charge in [-0.1, -0.05) is 0 Å². The van der Waals surface area contributed by atoms with Crippen molar-refractivity contribution in [1.29, 1.82) is 0 Å². The summed E-state index contributed by atoms with van der Waals surface area (Å²) in [5, 5.41) is 0. The second-order valence-corrected chi connectivity index (χ2v) is 0. The van der Waals surface area contributed by atoms with Gasteiger partial charge in [0.2, 0.25) is 0 Å². The Bertz CT molecular complexity index is 5.51. The van der Waals surface area contributed by atoms with Crippen molar-refractivity contribution in [1.82, 2.24) is 0 Å². The van der Waals surface area contributed by atoms with Crippen LogP contribution in [0.25, 0.3) is 0 Å². The minimum atomic E-state index is 0. The fraction of sp³-hybridized carbons (Fsp3) is 0. The van der Waals surface area contributed by atoms with Crippen LogP contribution in [-0.4, -0.2) is 39.6 Å². The molecule has 0 spiro atoms. The fourth-order valence-corrected chi connectivity index (χ4v) is 0. The van der Waals surface area contributed by atoms with E-state index in [1.807, 2.05) is 0 Å². The number of halogens is 4. The Hall–Kier alpha value is 2.43. The molecule has 0 aromatic carbocycles. The zero-order chi connectivity index (χ0) is 0. The predicted molar refractivity (Wildman–Crippen MR) is 40.5 cm³/mol. The molecule has 0 fully saturated rings. The summed E-state index contributed by atoms with van der Waals surface area (Å²) in [5.41, 5.74) is 0. The maximum atomic E-state index is 0. The first kappa shape index (κ1) is 78.7. The van der Waals surface area contributed by atoms with Crippen molar-refractivity contribution in [3.8, 4) is 0 Å². The minimum Gasteiger partial charge on any atom is -0.147 e. The van der Waals surface area contributed by atoms with E-state index in [1.165, 1.54) is 0 Å². The maximum absolute atomic E-state index is 0. The third kappa shape index (κ3) is 32.1. The van der Waals surface area contributed by atoms with E-state index in [0.29, 0.717) is 0 Å². The van der Waals surface area contributed by atoms with Crippen molar-refractivity contribution >= 4 is 89.2 Å². The molecule has 0 N–H and O–H groups in total. The summed E-state index contributed by atoms with van der Waals surface area (Å²) in [6, 6.07) is 0. The molecule has 0 aliphatic rings. The van der Waals surface area contributed by atoms with Gasteiger partial charge in [-0.2, -0.15) is 0 Å². The van der Waals surface area contributed by atoms with E-state index in [4.69, 9.17) is 0 Å². The molecule has 0 saturated heterocycles. The van der Waals surface area contributed by atoms with E-state index >= 15 is 0 Å². The van der Waals surface area contributed by atoms with Crippen molar-refractivity contribution in [2.45, 2.75) is 0 Å². The Labute approximate surface area is 88.3 Å². The van der Waals surface area contributed by atoms with E-state index in [9.17, 15) is 0 Å². The van der Waals surface area contributed by atoms with Gasteiger partial charge in [-0.3, -0.25) is 0 Å². The van der Waals surface area contributed by atoms with Crippen LogP contribution in [0.4, 0.5) is 0 Å². The zero-order valence-electron chi connectivity index (χ0n) is 2.79. The molecule has 0 aliphatic carbocycles. The first-order valence-corrected chi connectivity index (χ1v) is 0. The van der Waals surface area contributed by atoms with Crippen LogP contribution in [0.5, 0.6) is 0 Å². The van der Waals surface area contributed by atoms with Crippen LogP contribution in [0.2, 0.25) is 0 Å². The summed E-state index contributed by atoms with van der Waals surface area (Å²) in [5.74, 6) is 0. The molecule has 0 heterocycles. The SMILES string of the molecule is Cl.Cl.Cl.Cl.[Ga+3].[Ga]. The van der Waals surface area contributed by atoms with Crippen LogP contribution in [0.3, 0.4) is 0 Å². The molecule has 6 heavy (non-hydrogen) atoms. The summed E-state index contributed by atoms with van der Waals surface area (Å²) in [6.45, 7) is 0. The number of rotatable bonds is 0. The first-order valence-electron chi connectivity index (χ1n) is 0. The van der Waals surface area contributed by atoms with Gasteiger partial charge in [0.15, 0.2) is 0 Å². The number of hydrogen-bond acceptors (Lipinski definition) is 0.